The zero-order valence-corrected chi connectivity index (χ0v) is 23.4. The van der Waals surface area contributed by atoms with E-state index in [4.69, 9.17) is 16.2 Å². The third kappa shape index (κ3) is 5.89. The number of aryl methyl sites for hydroxylation is 1. The van der Waals surface area contributed by atoms with Crippen LogP contribution in [0.1, 0.15) is 55.7 Å². The summed E-state index contributed by atoms with van der Waals surface area (Å²) in [6, 6.07) is 12.0. The van der Waals surface area contributed by atoms with Crippen LogP contribution in [-0.4, -0.2) is 55.4 Å². The molecule has 5 N–H and O–H groups in total. The van der Waals surface area contributed by atoms with E-state index in [1.165, 1.54) is 4.90 Å². The molecule has 206 valence electrons. The fourth-order valence-electron chi connectivity index (χ4n) is 4.59. The summed E-state index contributed by atoms with van der Waals surface area (Å²) >= 11 is 0.785. The van der Waals surface area contributed by atoms with E-state index in [-0.39, 0.29) is 28.3 Å². The molecule has 2 aromatic carbocycles. The topological polar surface area (TPSA) is 144 Å². The van der Waals surface area contributed by atoms with Gasteiger partial charge in [-0.05, 0) is 73.1 Å². The van der Waals surface area contributed by atoms with Crippen LogP contribution in [0.5, 0.6) is 0 Å². The Morgan fingerprint density at radius 2 is 1.87 bits per heavy atom. The first-order valence-corrected chi connectivity index (χ1v) is 13.5. The van der Waals surface area contributed by atoms with Gasteiger partial charge in [0.2, 0.25) is 5.91 Å². The van der Waals surface area contributed by atoms with Crippen LogP contribution in [0.3, 0.4) is 0 Å². The van der Waals surface area contributed by atoms with Gasteiger partial charge in [-0.25, -0.2) is 0 Å². The highest BCUT2D eigenvalue weighted by atomic mass is 32.1. The van der Waals surface area contributed by atoms with Crippen molar-refractivity contribution >= 4 is 46.3 Å². The summed E-state index contributed by atoms with van der Waals surface area (Å²) in [5.74, 6) is -1.75. The Labute approximate surface area is 232 Å². The summed E-state index contributed by atoms with van der Waals surface area (Å²) in [4.78, 5) is 43.5. The molecule has 4 rings (SSSR count). The van der Waals surface area contributed by atoms with Crippen molar-refractivity contribution in [2.75, 3.05) is 42.8 Å². The normalized spacial score (nSPS) is 15.5. The number of nitrogens with one attached hydrogen (secondary N) is 1. The number of benzene rings is 2. The number of nitrogens with zero attached hydrogens (tertiary/aromatic N) is 3. The van der Waals surface area contributed by atoms with E-state index in [1.54, 1.807) is 6.07 Å². The average molecular weight is 551 g/mol. The molecule has 2 heterocycles. The van der Waals surface area contributed by atoms with E-state index in [2.05, 4.69) is 9.69 Å². The number of carbonyl (C=O) groups is 3. The second-order valence-corrected chi connectivity index (χ2v) is 10.6. The predicted octanol–water partition coefficient (Wildman–Crippen LogP) is 3.19. The van der Waals surface area contributed by atoms with Crippen molar-refractivity contribution in [3.8, 4) is 0 Å². The molecular formula is C28H34N6O4S. The van der Waals surface area contributed by atoms with E-state index in [1.807, 2.05) is 69.2 Å². The Morgan fingerprint density at radius 3 is 2.46 bits per heavy atom. The van der Waals surface area contributed by atoms with E-state index in [9.17, 15) is 14.4 Å². The van der Waals surface area contributed by atoms with Gasteiger partial charge in [0.15, 0.2) is 5.69 Å². The number of hydrogen-bond acceptors (Lipinski definition) is 8. The molecule has 2 atom stereocenters. The molecule has 39 heavy (non-hydrogen) atoms. The van der Waals surface area contributed by atoms with Gasteiger partial charge in [-0.15, -0.1) is 0 Å². The van der Waals surface area contributed by atoms with E-state index < -0.39 is 17.9 Å². The molecule has 0 saturated carbocycles. The molecule has 1 saturated heterocycles. The van der Waals surface area contributed by atoms with Crippen molar-refractivity contribution in [3.63, 3.8) is 0 Å². The summed E-state index contributed by atoms with van der Waals surface area (Å²) in [6.45, 7) is 4.82. The van der Waals surface area contributed by atoms with Crippen molar-refractivity contribution in [1.29, 1.82) is 0 Å². The number of rotatable bonds is 9. The number of nitrogen functional groups attached to an aromatic ring is 1. The van der Waals surface area contributed by atoms with Gasteiger partial charge in [0.1, 0.15) is 10.9 Å². The lowest BCUT2D eigenvalue weighted by molar-refractivity contribution is -0.123. The molecule has 11 heteroatoms. The zero-order valence-electron chi connectivity index (χ0n) is 22.6. The van der Waals surface area contributed by atoms with E-state index in [0.717, 1.165) is 41.2 Å². The highest BCUT2D eigenvalue weighted by molar-refractivity contribution is 7.09. The maximum Gasteiger partial charge on any atom is 0.273 e. The van der Waals surface area contributed by atoms with Gasteiger partial charge in [-0.2, -0.15) is 4.37 Å². The van der Waals surface area contributed by atoms with Crippen LogP contribution in [0.25, 0.3) is 0 Å². The van der Waals surface area contributed by atoms with E-state index >= 15 is 0 Å². The fourth-order valence-corrected chi connectivity index (χ4v) is 5.33. The predicted molar refractivity (Wildman–Crippen MR) is 153 cm³/mol. The Hall–Kier alpha value is -3.96. The minimum absolute atomic E-state index is 0.0338. The molecular weight excluding hydrogens is 516 g/mol. The first-order valence-electron chi connectivity index (χ1n) is 12.7. The molecule has 3 amide bonds. The lowest BCUT2D eigenvalue weighted by Crippen LogP contribution is -2.46. The van der Waals surface area contributed by atoms with Gasteiger partial charge in [0, 0.05) is 38.6 Å². The second kappa shape index (κ2) is 11.8. The number of nitrogens with two attached hydrogens (primary N) is 2. The quantitative estimate of drug-likeness (QED) is 0.371. The molecule has 0 aliphatic carbocycles. The van der Waals surface area contributed by atoms with Gasteiger partial charge in [0.25, 0.3) is 11.8 Å². The summed E-state index contributed by atoms with van der Waals surface area (Å²) in [6.07, 6.45) is 1.72. The molecule has 1 fully saturated rings. The number of carbonyl (C=O) groups excluding carboxylic acids is 3. The number of hydrogen-bond donors (Lipinski definition) is 3. The van der Waals surface area contributed by atoms with Crippen LogP contribution in [0.2, 0.25) is 0 Å². The Bertz CT molecular complexity index is 1360. The lowest BCUT2D eigenvalue weighted by Gasteiger charge is -2.33. The van der Waals surface area contributed by atoms with Crippen molar-refractivity contribution in [3.05, 3.63) is 69.7 Å². The summed E-state index contributed by atoms with van der Waals surface area (Å²) in [5.41, 5.74) is 15.2. The average Bonchev–Trinajstić information content (AvgIpc) is 3.57. The first-order chi connectivity index (χ1) is 18.6. The maximum absolute atomic E-state index is 14.3. The highest BCUT2D eigenvalue weighted by Gasteiger charge is 2.37. The molecule has 1 aromatic heterocycles. The number of amides is 3. The fraction of sp³-hybridized carbons (Fsp3) is 0.357. The van der Waals surface area contributed by atoms with Crippen molar-refractivity contribution in [1.82, 2.24) is 9.69 Å². The van der Waals surface area contributed by atoms with Crippen LogP contribution >= 0.6 is 11.5 Å². The Morgan fingerprint density at radius 1 is 1.15 bits per heavy atom. The van der Waals surface area contributed by atoms with Crippen molar-refractivity contribution in [2.45, 2.75) is 38.8 Å². The molecule has 0 bridgehead atoms. The molecule has 3 aromatic rings. The summed E-state index contributed by atoms with van der Waals surface area (Å²) < 4.78 is 9.72. The van der Waals surface area contributed by atoms with Gasteiger partial charge < -0.3 is 26.4 Å². The molecule has 0 spiro atoms. The van der Waals surface area contributed by atoms with Crippen molar-refractivity contribution < 1.29 is 19.1 Å². The standard InChI is InChI=1S/C28H34N6O4S/c1-16-7-5-9-21(17(16)2)34(28(37)25-22(29)23(26(30)35)32-39-25)24(18-10-12-19(13-11-18)33(3)4)27(36)31-15-20-8-6-14-38-20/h5,7,9-13,20,24H,6,8,14-15,29H2,1-4H3,(H2,30,35)(H,31,36)/t20-,24+/m0/s1. The SMILES string of the molecule is Cc1cccc(N(C(=O)c2snc(C(N)=O)c2N)[C@@H](C(=O)NC[C@@H]2CCCO2)c2ccc(N(C)C)cc2)c1C. The monoisotopic (exact) mass is 550 g/mol. The third-order valence-electron chi connectivity index (χ3n) is 6.97. The Kier molecular flexibility index (Phi) is 8.51. The molecule has 0 radical (unpaired) electrons. The van der Waals surface area contributed by atoms with Gasteiger partial charge in [-0.1, -0.05) is 24.3 Å². The molecule has 0 unspecified atom stereocenters. The van der Waals surface area contributed by atoms with Crippen LogP contribution in [0.15, 0.2) is 42.5 Å². The number of aromatic nitrogens is 1. The van der Waals surface area contributed by atoms with Crippen LogP contribution in [0.4, 0.5) is 17.1 Å². The minimum atomic E-state index is -1.05. The van der Waals surface area contributed by atoms with Gasteiger partial charge in [-0.3, -0.25) is 19.3 Å². The Balaban J connectivity index is 1.86. The zero-order chi connectivity index (χ0) is 28.3. The minimum Gasteiger partial charge on any atom is -0.395 e. The summed E-state index contributed by atoms with van der Waals surface area (Å²) in [7, 11) is 3.85. The third-order valence-corrected chi connectivity index (χ3v) is 7.82. The smallest absolute Gasteiger partial charge is 0.273 e. The number of ether oxygens (including phenoxy) is 1. The largest absolute Gasteiger partial charge is 0.395 e. The second-order valence-electron chi connectivity index (χ2n) is 9.80. The van der Waals surface area contributed by atoms with Crippen LogP contribution < -0.4 is 26.6 Å². The summed E-state index contributed by atoms with van der Waals surface area (Å²) in [5, 5.41) is 3.00. The maximum atomic E-state index is 14.3. The molecule has 1 aliphatic rings. The lowest BCUT2D eigenvalue weighted by atomic mass is 9.99. The highest BCUT2D eigenvalue weighted by Crippen LogP contribution is 2.36. The molecule has 10 nitrogen and oxygen atoms in total. The van der Waals surface area contributed by atoms with Crippen molar-refractivity contribution in [2.24, 2.45) is 5.73 Å². The number of primary amides is 1. The van der Waals surface area contributed by atoms with Crippen LogP contribution in [0, 0.1) is 13.8 Å². The molecule has 1 aliphatic heterocycles. The number of anilines is 3. The van der Waals surface area contributed by atoms with Gasteiger partial charge in [0.05, 0.1) is 11.8 Å². The van der Waals surface area contributed by atoms with E-state index in [0.29, 0.717) is 24.4 Å². The van der Waals surface area contributed by atoms with Crippen LogP contribution in [-0.2, 0) is 9.53 Å². The first kappa shape index (κ1) is 28.1. The van der Waals surface area contributed by atoms with Gasteiger partial charge >= 0.3 is 0 Å².